The van der Waals surface area contributed by atoms with E-state index in [9.17, 15) is 0 Å². The van der Waals surface area contributed by atoms with Crippen LogP contribution in [0.3, 0.4) is 0 Å². The van der Waals surface area contributed by atoms with Crippen LogP contribution in [0.15, 0.2) is 24.3 Å². The van der Waals surface area contributed by atoms with Gasteiger partial charge < -0.3 is 5.32 Å². The van der Waals surface area contributed by atoms with E-state index in [2.05, 4.69) is 25.2 Å². The van der Waals surface area contributed by atoms with E-state index in [0.717, 1.165) is 11.4 Å². The molecule has 0 spiro atoms. The molecule has 1 nitrogen and oxygen atoms in total. The lowest BCUT2D eigenvalue weighted by molar-refractivity contribution is 0.386. The summed E-state index contributed by atoms with van der Waals surface area (Å²) in [6.45, 7) is 4.50. The van der Waals surface area contributed by atoms with Gasteiger partial charge in [-0.05, 0) is 31.0 Å². The van der Waals surface area contributed by atoms with E-state index in [1.54, 1.807) is 0 Å². The zero-order valence-corrected chi connectivity index (χ0v) is 10.5. The molecule has 2 unspecified atom stereocenters. The van der Waals surface area contributed by atoms with Gasteiger partial charge in [0.2, 0.25) is 0 Å². The Kier molecular flexibility index (Phi) is 5.13. The third-order valence-corrected chi connectivity index (χ3v) is 3.47. The number of rotatable bonds is 5. The predicted molar refractivity (Wildman–Crippen MR) is 67.5 cm³/mol. The zero-order valence-electron chi connectivity index (χ0n) is 9.76. The highest BCUT2D eigenvalue weighted by molar-refractivity contribution is 6.31. The van der Waals surface area contributed by atoms with E-state index in [1.165, 1.54) is 12.0 Å². The first-order chi connectivity index (χ1) is 7.19. The highest BCUT2D eigenvalue weighted by Gasteiger charge is 2.15. The summed E-state index contributed by atoms with van der Waals surface area (Å²) in [6.07, 6.45) is 2.20. The first-order valence-corrected chi connectivity index (χ1v) is 5.97. The number of hydrogen-bond acceptors (Lipinski definition) is 1. The van der Waals surface area contributed by atoms with Gasteiger partial charge in [0.05, 0.1) is 0 Å². The van der Waals surface area contributed by atoms with Crippen LogP contribution in [-0.4, -0.2) is 13.1 Å². The van der Waals surface area contributed by atoms with Gasteiger partial charge in [-0.2, -0.15) is 0 Å². The van der Waals surface area contributed by atoms with E-state index < -0.39 is 0 Å². The van der Waals surface area contributed by atoms with Crippen LogP contribution >= 0.6 is 11.6 Å². The van der Waals surface area contributed by atoms with Gasteiger partial charge in [0.25, 0.3) is 0 Å². The van der Waals surface area contributed by atoms with Crippen molar-refractivity contribution in [2.24, 2.45) is 5.92 Å². The summed E-state index contributed by atoms with van der Waals surface area (Å²) >= 11 is 6.15. The molecular weight excluding hydrogens is 206 g/mol. The van der Waals surface area contributed by atoms with Gasteiger partial charge in [0.15, 0.2) is 0 Å². The molecule has 0 aliphatic rings. The molecule has 0 bridgehead atoms. The molecule has 0 aliphatic carbocycles. The summed E-state index contributed by atoms with van der Waals surface area (Å²) in [5, 5.41) is 4.25. The summed E-state index contributed by atoms with van der Waals surface area (Å²) in [5.41, 5.74) is 1.24. The Morgan fingerprint density at radius 1 is 1.33 bits per heavy atom. The Morgan fingerprint density at radius 3 is 2.53 bits per heavy atom. The monoisotopic (exact) mass is 225 g/mol. The largest absolute Gasteiger partial charge is 0.316 e. The van der Waals surface area contributed by atoms with Crippen LogP contribution in [0.25, 0.3) is 0 Å². The van der Waals surface area contributed by atoms with E-state index in [4.69, 9.17) is 11.6 Å². The lowest BCUT2D eigenvalue weighted by atomic mass is 9.93. The fourth-order valence-corrected chi connectivity index (χ4v) is 1.99. The lowest BCUT2D eigenvalue weighted by Gasteiger charge is -2.22. The molecule has 0 fully saturated rings. The van der Waals surface area contributed by atoms with Gasteiger partial charge >= 0.3 is 0 Å². The number of likely N-dealkylation sites (N-methyl/N-ethyl adjacent to an activating group) is 1. The second kappa shape index (κ2) is 6.14. The van der Waals surface area contributed by atoms with Gasteiger partial charge in [0, 0.05) is 11.1 Å². The number of hydrogen-bond donors (Lipinski definition) is 1. The first kappa shape index (κ1) is 12.5. The fourth-order valence-electron chi connectivity index (χ4n) is 1.77. The van der Waals surface area contributed by atoms with Crippen LogP contribution in [0, 0.1) is 5.92 Å². The predicted octanol–water partition coefficient (Wildman–Crippen LogP) is 3.52. The van der Waals surface area contributed by atoms with Crippen LogP contribution in [0.4, 0.5) is 0 Å². The third-order valence-electron chi connectivity index (χ3n) is 3.10. The van der Waals surface area contributed by atoms with Crippen molar-refractivity contribution in [3.05, 3.63) is 34.9 Å². The minimum absolute atomic E-state index is 0.509. The highest BCUT2D eigenvalue weighted by Crippen LogP contribution is 2.19. The maximum atomic E-state index is 6.15. The van der Waals surface area contributed by atoms with Crippen molar-refractivity contribution >= 4 is 11.6 Å². The van der Waals surface area contributed by atoms with Crippen molar-refractivity contribution < 1.29 is 0 Å². The molecule has 0 heterocycles. The summed E-state index contributed by atoms with van der Waals surface area (Å²) in [5.74, 6) is 0.672. The molecule has 0 radical (unpaired) electrons. The minimum Gasteiger partial charge on any atom is -0.316 e. The molecule has 1 aromatic rings. The summed E-state index contributed by atoms with van der Waals surface area (Å²) < 4.78 is 0. The van der Waals surface area contributed by atoms with Gasteiger partial charge in [-0.15, -0.1) is 0 Å². The van der Waals surface area contributed by atoms with Gasteiger partial charge in [-0.3, -0.25) is 0 Å². The topological polar surface area (TPSA) is 12.0 Å². The Hall–Kier alpha value is -0.530. The zero-order chi connectivity index (χ0) is 11.3. The quantitative estimate of drug-likeness (QED) is 0.809. The standard InChI is InChI=1S/C13H20ClN/c1-4-10(2)13(15-3)9-11-7-5-6-8-12(11)14/h5-8,10,13,15H,4,9H2,1-3H3. The molecule has 0 saturated heterocycles. The Bertz CT molecular complexity index is 298. The van der Waals surface area contributed by atoms with E-state index >= 15 is 0 Å². The molecule has 0 aliphatic heterocycles. The van der Waals surface area contributed by atoms with Crippen LogP contribution < -0.4 is 5.32 Å². The average molecular weight is 226 g/mol. The van der Waals surface area contributed by atoms with Gasteiger partial charge in [0.1, 0.15) is 0 Å². The fraction of sp³-hybridized carbons (Fsp3) is 0.538. The van der Waals surface area contributed by atoms with E-state index in [1.807, 2.05) is 25.2 Å². The van der Waals surface area contributed by atoms with Crippen molar-refractivity contribution in [2.45, 2.75) is 32.7 Å². The molecule has 1 N–H and O–H groups in total. The Balaban J connectivity index is 2.71. The molecule has 15 heavy (non-hydrogen) atoms. The Morgan fingerprint density at radius 2 is 2.00 bits per heavy atom. The molecule has 2 atom stereocenters. The molecular formula is C13H20ClN. The molecule has 2 heteroatoms. The normalized spacial score (nSPS) is 14.9. The Labute approximate surface area is 97.8 Å². The molecule has 0 aromatic heterocycles. The molecule has 0 amide bonds. The van der Waals surface area contributed by atoms with E-state index in [-0.39, 0.29) is 0 Å². The smallest absolute Gasteiger partial charge is 0.0438 e. The summed E-state index contributed by atoms with van der Waals surface area (Å²) in [7, 11) is 2.02. The molecule has 84 valence electrons. The van der Waals surface area contributed by atoms with Crippen molar-refractivity contribution in [3.63, 3.8) is 0 Å². The van der Waals surface area contributed by atoms with Crippen LogP contribution in [0.2, 0.25) is 5.02 Å². The number of benzene rings is 1. The SMILES string of the molecule is CCC(C)C(Cc1ccccc1Cl)NC. The molecule has 1 aromatic carbocycles. The highest BCUT2D eigenvalue weighted by atomic mass is 35.5. The van der Waals surface area contributed by atoms with Crippen molar-refractivity contribution in [3.8, 4) is 0 Å². The van der Waals surface area contributed by atoms with Crippen molar-refractivity contribution in [2.75, 3.05) is 7.05 Å². The van der Waals surface area contributed by atoms with Crippen molar-refractivity contribution in [1.29, 1.82) is 0 Å². The van der Waals surface area contributed by atoms with Gasteiger partial charge in [-0.25, -0.2) is 0 Å². The maximum Gasteiger partial charge on any atom is 0.0438 e. The lowest BCUT2D eigenvalue weighted by Crippen LogP contribution is -2.33. The van der Waals surface area contributed by atoms with Crippen LogP contribution in [0.1, 0.15) is 25.8 Å². The second-order valence-corrected chi connectivity index (χ2v) is 4.48. The minimum atomic E-state index is 0.509. The van der Waals surface area contributed by atoms with Gasteiger partial charge in [-0.1, -0.05) is 50.1 Å². The number of halogens is 1. The first-order valence-electron chi connectivity index (χ1n) is 5.59. The second-order valence-electron chi connectivity index (χ2n) is 4.08. The number of nitrogens with one attached hydrogen (secondary N) is 1. The molecule has 0 saturated carbocycles. The summed E-state index contributed by atoms with van der Waals surface area (Å²) in [6, 6.07) is 8.60. The van der Waals surface area contributed by atoms with Crippen molar-refractivity contribution in [1.82, 2.24) is 5.32 Å². The molecule has 1 rings (SSSR count). The maximum absolute atomic E-state index is 6.15. The van der Waals surface area contributed by atoms with Crippen LogP contribution in [-0.2, 0) is 6.42 Å². The average Bonchev–Trinajstić information content (AvgIpc) is 2.27. The summed E-state index contributed by atoms with van der Waals surface area (Å²) in [4.78, 5) is 0. The van der Waals surface area contributed by atoms with E-state index in [0.29, 0.717) is 12.0 Å². The third kappa shape index (κ3) is 3.51. The van der Waals surface area contributed by atoms with Crippen LogP contribution in [0.5, 0.6) is 0 Å².